The third-order valence-corrected chi connectivity index (χ3v) is 4.70. The molecule has 10 heteroatoms. The summed E-state index contributed by atoms with van der Waals surface area (Å²) in [6.45, 7) is 0.864. The number of ether oxygens (including phenoxy) is 1. The molecule has 162 valence electrons. The van der Waals surface area contributed by atoms with Crippen LogP contribution in [0.4, 0.5) is 14.5 Å². The summed E-state index contributed by atoms with van der Waals surface area (Å²) >= 11 is 6.12. The molecule has 0 aliphatic heterocycles. The van der Waals surface area contributed by atoms with Crippen molar-refractivity contribution in [3.8, 4) is 5.88 Å². The van der Waals surface area contributed by atoms with Crippen LogP contribution in [0.5, 0.6) is 5.88 Å². The van der Waals surface area contributed by atoms with Gasteiger partial charge in [-0.25, -0.2) is 8.78 Å². The first-order valence-electron chi connectivity index (χ1n) is 9.11. The van der Waals surface area contributed by atoms with E-state index in [-0.39, 0.29) is 29.6 Å². The number of carbonyl (C=O) groups excluding carboxylic acids is 1. The van der Waals surface area contributed by atoms with Gasteiger partial charge < -0.3 is 15.2 Å². The number of halogens is 3. The largest absolute Gasteiger partial charge is 0.471 e. The number of nitrogens with zero attached hydrogens (tertiary/aromatic N) is 2. The van der Waals surface area contributed by atoms with Gasteiger partial charge in [0.25, 0.3) is 5.56 Å². The summed E-state index contributed by atoms with van der Waals surface area (Å²) in [6.07, 6.45) is 0. The zero-order valence-electron chi connectivity index (χ0n) is 16.4. The second kappa shape index (κ2) is 9.67. The monoisotopic (exact) mass is 449 g/mol. The lowest BCUT2D eigenvalue weighted by Gasteiger charge is -2.14. The molecule has 0 saturated heterocycles. The van der Waals surface area contributed by atoms with Gasteiger partial charge in [0.15, 0.2) is 5.02 Å². The number of aliphatic hydroxyl groups excluding tert-OH is 1. The van der Waals surface area contributed by atoms with Crippen LogP contribution in [-0.4, -0.2) is 27.2 Å². The molecular weight excluding hydrogens is 432 g/mol. The first-order chi connectivity index (χ1) is 14.8. The number of rotatable bonds is 7. The summed E-state index contributed by atoms with van der Waals surface area (Å²) in [4.78, 5) is 28.1. The average molecular weight is 450 g/mol. The van der Waals surface area contributed by atoms with E-state index in [1.54, 1.807) is 31.2 Å². The highest BCUT2D eigenvalue weighted by Crippen LogP contribution is 2.21. The van der Waals surface area contributed by atoms with Crippen LogP contribution in [0.2, 0.25) is 5.02 Å². The first kappa shape index (κ1) is 22.4. The maximum atomic E-state index is 13.8. The molecule has 0 unspecified atom stereocenters. The minimum absolute atomic E-state index is 0.0921. The molecule has 0 radical (unpaired) electrons. The minimum atomic E-state index is -0.778. The van der Waals surface area contributed by atoms with Crippen LogP contribution in [0.15, 0.2) is 47.3 Å². The number of benzene rings is 2. The van der Waals surface area contributed by atoms with Crippen molar-refractivity contribution in [1.29, 1.82) is 0 Å². The standard InChI is InChI=1S/C21H18ClF2N3O4/c1-12-25-20(31-11-14-4-5-15(23)8-17(14)24)19(22)21(30)27(12)9-13-2-6-16(7-3-13)26-18(29)10-28/h2-8,28H,9-11H2,1H3,(H,26,29). The summed E-state index contributed by atoms with van der Waals surface area (Å²) in [6, 6.07) is 9.74. The Hall–Kier alpha value is -3.30. The Labute approximate surface area is 180 Å². The summed E-state index contributed by atoms with van der Waals surface area (Å²) in [7, 11) is 0. The van der Waals surface area contributed by atoms with Crippen LogP contribution in [0.3, 0.4) is 0 Å². The fourth-order valence-corrected chi connectivity index (χ4v) is 2.96. The van der Waals surface area contributed by atoms with Crippen molar-refractivity contribution < 1.29 is 23.4 Å². The lowest BCUT2D eigenvalue weighted by Crippen LogP contribution is -2.25. The molecular formula is C21H18ClF2N3O4. The first-order valence-corrected chi connectivity index (χ1v) is 9.49. The molecule has 0 fully saturated rings. The van der Waals surface area contributed by atoms with Crippen molar-refractivity contribution in [2.75, 3.05) is 11.9 Å². The number of anilines is 1. The van der Waals surface area contributed by atoms with Gasteiger partial charge in [0.1, 0.15) is 30.7 Å². The number of carbonyl (C=O) groups is 1. The van der Waals surface area contributed by atoms with Gasteiger partial charge in [0.05, 0.1) is 6.54 Å². The maximum Gasteiger partial charge on any atom is 0.276 e. The predicted octanol–water partition coefficient (Wildman–Crippen LogP) is 3.04. The molecule has 3 rings (SSSR count). The van der Waals surface area contributed by atoms with Crippen molar-refractivity contribution in [1.82, 2.24) is 9.55 Å². The zero-order valence-corrected chi connectivity index (χ0v) is 17.1. The van der Waals surface area contributed by atoms with E-state index in [1.807, 2.05) is 0 Å². The number of hydrogen-bond acceptors (Lipinski definition) is 5. The molecule has 0 aliphatic rings. The molecule has 2 N–H and O–H groups in total. The van der Waals surface area contributed by atoms with E-state index in [9.17, 15) is 18.4 Å². The molecule has 1 aromatic heterocycles. The van der Waals surface area contributed by atoms with Gasteiger partial charge in [-0.2, -0.15) is 4.98 Å². The highest BCUT2D eigenvalue weighted by molar-refractivity contribution is 6.31. The van der Waals surface area contributed by atoms with E-state index in [2.05, 4.69) is 10.3 Å². The van der Waals surface area contributed by atoms with Crippen LogP contribution in [0.25, 0.3) is 0 Å². The van der Waals surface area contributed by atoms with Crippen molar-refractivity contribution in [3.63, 3.8) is 0 Å². The van der Waals surface area contributed by atoms with Gasteiger partial charge in [0, 0.05) is 17.3 Å². The fourth-order valence-electron chi connectivity index (χ4n) is 2.76. The maximum absolute atomic E-state index is 13.8. The minimum Gasteiger partial charge on any atom is -0.471 e. The van der Waals surface area contributed by atoms with Crippen molar-refractivity contribution in [2.45, 2.75) is 20.1 Å². The summed E-state index contributed by atoms with van der Waals surface area (Å²) in [5, 5.41) is 11.0. The van der Waals surface area contributed by atoms with E-state index >= 15 is 0 Å². The van der Waals surface area contributed by atoms with Crippen LogP contribution in [-0.2, 0) is 17.9 Å². The van der Waals surface area contributed by atoms with Crippen molar-refractivity contribution in [3.05, 3.63) is 86.4 Å². The van der Waals surface area contributed by atoms with Gasteiger partial charge in [-0.15, -0.1) is 0 Å². The zero-order chi connectivity index (χ0) is 22.5. The molecule has 0 bridgehead atoms. The third-order valence-electron chi connectivity index (χ3n) is 4.38. The Balaban J connectivity index is 1.76. The fraction of sp³-hybridized carbons (Fsp3) is 0.190. The smallest absolute Gasteiger partial charge is 0.276 e. The van der Waals surface area contributed by atoms with Crippen molar-refractivity contribution in [2.24, 2.45) is 0 Å². The number of hydrogen-bond donors (Lipinski definition) is 2. The molecule has 0 atom stereocenters. The highest BCUT2D eigenvalue weighted by atomic mass is 35.5. The lowest BCUT2D eigenvalue weighted by molar-refractivity contribution is -0.118. The van der Waals surface area contributed by atoms with E-state index in [0.29, 0.717) is 11.5 Å². The van der Waals surface area contributed by atoms with E-state index in [1.165, 1.54) is 10.6 Å². The number of aliphatic hydroxyl groups is 1. The Morgan fingerprint density at radius 1 is 1.23 bits per heavy atom. The second-order valence-electron chi connectivity index (χ2n) is 6.60. The molecule has 1 amide bonds. The number of amides is 1. The van der Waals surface area contributed by atoms with E-state index in [4.69, 9.17) is 21.4 Å². The van der Waals surface area contributed by atoms with Gasteiger partial charge in [-0.3, -0.25) is 14.2 Å². The normalized spacial score (nSPS) is 10.7. The molecule has 0 saturated carbocycles. The molecule has 2 aromatic carbocycles. The molecule has 0 spiro atoms. The van der Waals surface area contributed by atoms with Crippen LogP contribution in [0.1, 0.15) is 17.0 Å². The molecule has 1 heterocycles. The molecule has 31 heavy (non-hydrogen) atoms. The van der Waals surface area contributed by atoms with Gasteiger partial charge in [-0.1, -0.05) is 23.7 Å². The molecule has 7 nitrogen and oxygen atoms in total. The topological polar surface area (TPSA) is 93.5 Å². The molecule has 3 aromatic rings. The average Bonchev–Trinajstić information content (AvgIpc) is 2.75. The quantitative estimate of drug-likeness (QED) is 0.578. The second-order valence-corrected chi connectivity index (χ2v) is 6.98. The Bertz CT molecular complexity index is 1170. The Morgan fingerprint density at radius 2 is 1.94 bits per heavy atom. The SMILES string of the molecule is Cc1nc(OCc2ccc(F)cc2F)c(Cl)c(=O)n1Cc1ccc(NC(=O)CO)cc1. The Kier molecular flexibility index (Phi) is 6.98. The number of nitrogens with one attached hydrogen (secondary N) is 1. The lowest BCUT2D eigenvalue weighted by atomic mass is 10.2. The van der Waals surface area contributed by atoms with Gasteiger partial charge in [-0.05, 0) is 36.8 Å². The summed E-state index contributed by atoms with van der Waals surface area (Å²) in [5.74, 6) is -1.85. The van der Waals surface area contributed by atoms with Crippen LogP contribution < -0.4 is 15.6 Å². The molecule has 0 aliphatic carbocycles. The van der Waals surface area contributed by atoms with Gasteiger partial charge >= 0.3 is 0 Å². The third kappa shape index (κ3) is 5.44. The van der Waals surface area contributed by atoms with E-state index in [0.717, 1.165) is 17.7 Å². The highest BCUT2D eigenvalue weighted by Gasteiger charge is 2.16. The predicted molar refractivity (Wildman–Crippen MR) is 110 cm³/mol. The van der Waals surface area contributed by atoms with Gasteiger partial charge in [0.2, 0.25) is 11.8 Å². The van der Waals surface area contributed by atoms with Crippen molar-refractivity contribution >= 4 is 23.2 Å². The van der Waals surface area contributed by atoms with Crippen LogP contribution in [0, 0.1) is 18.6 Å². The summed E-state index contributed by atoms with van der Waals surface area (Å²) in [5.41, 5.74) is 0.794. The summed E-state index contributed by atoms with van der Waals surface area (Å²) < 4.78 is 33.5. The van der Waals surface area contributed by atoms with E-state index < -0.39 is 29.7 Å². The number of aromatic nitrogens is 2. The number of aryl methyl sites for hydroxylation is 1. The van der Waals surface area contributed by atoms with Crippen LogP contribution >= 0.6 is 11.6 Å². The Morgan fingerprint density at radius 3 is 2.58 bits per heavy atom.